The van der Waals surface area contributed by atoms with Gasteiger partial charge >= 0.3 is 5.97 Å². The number of ether oxygens (including phenoxy) is 2. The molecule has 3 unspecified atom stereocenters. The molecule has 4 nitrogen and oxygen atoms in total. The van der Waals surface area contributed by atoms with Gasteiger partial charge in [-0.3, -0.25) is 4.79 Å². The predicted octanol–water partition coefficient (Wildman–Crippen LogP) is 4.28. The minimum absolute atomic E-state index is 0.158. The van der Waals surface area contributed by atoms with Crippen molar-refractivity contribution in [2.75, 3.05) is 0 Å². The zero-order valence-corrected chi connectivity index (χ0v) is 14.3. The first-order valence-corrected chi connectivity index (χ1v) is 8.37. The van der Waals surface area contributed by atoms with E-state index in [2.05, 4.69) is 19.2 Å². The fraction of sp³-hybridized carbons (Fsp3) is 0.182. The summed E-state index contributed by atoms with van der Waals surface area (Å²) in [5.41, 5.74) is 2.59. The molecule has 0 bridgehead atoms. The van der Waals surface area contributed by atoms with Crippen LogP contribution < -0.4 is 4.74 Å². The third-order valence-corrected chi connectivity index (χ3v) is 4.43. The van der Waals surface area contributed by atoms with Crippen molar-refractivity contribution in [3.8, 4) is 22.9 Å². The number of carbonyl (C=O) groups is 1. The third-order valence-electron chi connectivity index (χ3n) is 4.43. The van der Waals surface area contributed by atoms with E-state index in [0.29, 0.717) is 17.7 Å². The summed E-state index contributed by atoms with van der Waals surface area (Å²) in [7, 11) is 0. The van der Waals surface area contributed by atoms with E-state index < -0.39 is 0 Å². The highest BCUT2D eigenvalue weighted by atomic mass is 16.5. The van der Waals surface area contributed by atoms with Crippen LogP contribution in [0.1, 0.15) is 12.0 Å². The molecule has 4 heteroatoms. The first-order chi connectivity index (χ1) is 12.6. The molecule has 1 saturated heterocycles. The monoisotopic (exact) mass is 345 g/mol. The first kappa shape index (κ1) is 17.7. The molecular formula is C22H19NO3. The van der Waals surface area contributed by atoms with Gasteiger partial charge in [-0.1, -0.05) is 36.4 Å². The number of nitriles is 1. The highest BCUT2D eigenvalue weighted by Gasteiger charge is 2.38. The molecule has 0 spiro atoms. The molecule has 0 aliphatic carbocycles. The van der Waals surface area contributed by atoms with Gasteiger partial charge < -0.3 is 9.47 Å². The van der Waals surface area contributed by atoms with Gasteiger partial charge in [-0.05, 0) is 41.8 Å². The van der Waals surface area contributed by atoms with Gasteiger partial charge in [-0.15, -0.1) is 13.2 Å². The lowest BCUT2D eigenvalue weighted by molar-refractivity contribution is -0.139. The van der Waals surface area contributed by atoms with Crippen molar-refractivity contribution < 1.29 is 14.3 Å². The molecular weight excluding hydrogens is 326 g/mol. The molecule has 0 aromatic heterocycles. The number of benzene rings is 2. The minimum Gasteiger partial charge on any atom is -0.426 e. The van der Waals surface area contributed by atoms with E-state index in [1.165, 1.54) is 0 Å². The van der Waals surface area contributed by atoms with Crippen molar-refractivity contribution in [2.24, 2.45) is 5.92 Å². The molecule has 0 radical (unpaired) electrons. The summed E-state index contributed by atoms with van der Waals surface area (Å²) in [6.45, 7) is 7.43. The van der Waals surface area contributed by atoms with E-state index in [1.807, 2.05) is 24.3 Å². The van der Waals surface area contributed by atoms with Gasteiger partial charge in [-0.2, -0.15) is 5.26 Å². The van der Waals surface area contributed by atoms with Crippen LogP contribution in [0.2, 0.25) is 0 Å². The van der Waals surface area contributed by atoms with Gasteiger partial charge in [0, 0.05) is 0 Å². The van der Waals surface area contributed by atoms with Crippen molar-refractivity contribution in [3.63, 3.8) is 0 Å². The number of hydrogen-bond acceptors (Lipinski definition) is 4. The van der Waals surface area contributed by atoms with E-state index >= 15 is 0 Å². The van der Waals surface area contributed by atoms with Crippen molar-refractivity contribution in [2.45, 2.75) is 18.6 Å². The summed E-state index contributed by atoms with van der Waals surface area (Å²) in [4.78, 5) is 12.5. The Labute approximate surface area is 153 Å². The molecule has 1 aliphatic rings. The molecule has 2 aromatic rings. The van der Waals surface area contributed by atoms with Crippen LogP contribution in [0, 0.1) is 17.2 Å². The fourth-order valence-electron chi connectivity index (χ4n) is 2.98. The number of carbonyl (C=O) groups excluding carboxylic acids is 1. The SMILES string of the molecule is C=CC1CC(C(=O)Oc2ccc(-c3ccc(C#N)cc3)cc2)C(C=C)O1. The maximum absolute atomic E-state index is 12.5. The highest BCUT2D eigenvalue weighted by Crippen LogP contribution is 2.30. The third kappa shape index (κ3) is 3.74. The molecule has 3 atom stereocenters. The number of esters is 1. The Bertz CT molecular complexity index is 846. The van der Waals surface area contributed by atoms with Gasteiger partial charge in [0.2, 0.25) is 0 Å². The number of hydrogen-bond donors (Lipinski definition) is 0. The van der Waals surface area contributed by atoms with E-state index in [1.54, 1.807) is 36.4 Å². The van der Waals surface area contributed by atoms with Gasteiger partial charge in [-0.25, -0.2) is 0 Å². The molecule has 3 rings (SSSR count). The van der Waals surface area contributed by atoms with Crippen LogP contribution in [0.5, 0.6) is 5.75 Å². The lowest BCUT2D eigenvalue weighted by Gasteiger charge is -2.13. The highest BCUT2D eigenvalue weighted by molar-refractivity contribution is 5.77. The Balaban J connectivity index is 1.69. The van der Waals surface area contributed by atoms with Gasteiger partial charge in [0.1, 0.15) is 5.75 Å². The number of rotatable bonds is 5. The Kier molecular flexibility index (Phi) is 5.31. The normalized spacial score (nSPS) is 21.6. The van der Waals surface area contributed by atoms with Crippen LogP contribution in [0.3, 0.4) is 0 Å². The van der Waals surface area contributed by atoms with Crippen molar-refractivity contribution in [1.29, 1.82) is 5.26 Å². The summed E-state index contributed by atoms with van der Waals surface area (Å²) in [6.07, 6.45) is 3.35. The van der Waals surface area contributed by atoms with Crippen LogP contribution in [-0.4, -0.2) is 18.2 Å². The standard InChI is InChI=1S/C22H19NO3/c1-3-18-13-20(21(4-2)25-18)22(24)26-19-11-9-17(10-12-19)16-7-5-15(14-23)6-8-16/h3-12,18,20-21H,1-2,13H2. The molecule has 1 heterocycles. The number of nitrogens with zero attached hydrogens (tertiary/aromatic N) is 1. The Morgan fingerprint density at radius 3 is 2.23 bits per heavy atom. The van der Waals surface area contributed by atoms with Crippen LogP contribution in [0.15, 0.2) is 73.8 Å². The van der Waals surface area contributed by atoms with Crippen LogP contribution >= 0.6 is 0 Å². The average molecular weight is 345 g/mol. The molecule has 2 aromatic carbocycles. The van der Waals surface area contributed by atoms with Crippen molar-refractivity contribution in [1.82, 2.24) is 0 Å². The minimum atomic E-state index is -0.381. The quantitative estimate of drug-likeness (QED) is 0.461. The Morgan fingerprint density at radius 1 is 1.08 bits per heavy atom. The summed E-state index contributed by atoms with van der Waals surface area (Å²) in [5.74, 6) is -0.226. The maximum atomic E-state index is 12.5. The van der Waals surface area contributed by atoms with E-state index in [9.17, 15) is 4.79 Å². The van der Waals surface area contributed by atoms with Crippen molar-refractivity contribution in [3.05, 3.63) is 79.4 Å². The second-order valence-corrected chi connectivity index (χ2v) is 6.09. The maximum Gasteiger partial charge on any atom is 0.317 e. The molecule has 0 saturated carbocycles. The molecule has 130 valence electrons. The Morgan fingerprint density at radius 2 is 1.69 bits per heavy atom. The predicted molar refractivity (Wildman–Crippen MR) is 99.4 cm³/mol. The summed E-state index contributed by atoms with van der Waals surface area (Å²) in [5, 5.41) is 8.86. The van der Waals surface area contributed by atoms with Gasteiger partial charge in [0.15, 0.2) is 0 Å². The van der Waals surface area contributed by atoms with E-state index in [0.717, 1.165) is 11.1 Å². The summed E-state index contributed by atoms with van der Waals surface area (Å²) >= 11 is 0. The zero-order valence-electron chi connectivity index (χ0n) is 14.3. The lowest BCUT2D eigenvalue weighted by atomic mass is 9.99. The van der Waals surface area contributed by atoms with Gasteiger partial charge in [0.25, 0.3) is 0 Å². The van der Waals surface area contributed by atoms with E-state index in [-0.39, 0.29) is 24.1 Å². The fourth-order valence-corrected chi connectivity index (χ4v) is 2.98. The van der Waals surface area contributed by atoms with Crippen LogP contribution in [0.4, 0.5) is 0 Å². The topological polar surface area (TPSA) is 59.3 Å². The molecule has 1 aliphatic heterocycles. The Hall–Kier alpha value is -3.16. The molecule has 0 N–H and O–H groups in total. The lowest BCUT2D eigenvalue weighted by Crippen LogP contribution is -2.26. The van der Waals surface area contributed by atoms with Gasteiger partial charge in [0.05, 0.1) is 29.8 Å². The van der Waals surface area contributed by atoms with Crippen LogP contribution in [-0.2, 0) is 9.53 Å². The molecule has 26 heavy (non-hydrogen) atoms. The van der Waals surface area contributed by atoms with Crippen molar-refractivity contribution >= 4 is 5.97 Å². The first-order valence-electron chi connectivity index (χ1n) is 8.37. The summed E-state index contributed by atoms with van der Waals surface area (Å²) in [6, 6.07) is 16.7. The smallest absolute Gasteiger partial charge is 0.317 e. The average Bonchev–Trinajstić information content (AvgIpc) is 3.12. The molecule has 1 fully saturated rings. The summed E-state index contributed by atoms with van der Waals surface area (Å²) < 4.78 is 11.2. The molecule has 0 amide bonds. The van der Waals surface area contributed by atoms with E-state index in [4.69, 9.17) is 14.7 Å². The zero-order chi connectivity index (χ0) is 18.5. The largest absolute Gasteiger partial charge is 0.426 e. The van der Waals surface area contributed by atoms with Crippen LogP contribution in [0.25, 0.3) is 11.1 Å². The second kappa shape index (κ2) is 7.81. The second-order valence-electron chi connectivity index (χ2n) is 6.09.